The molecule has 4 N–H and O–H groups in total. The number of methoxy groups -OCH3 is 1. The summed E-state index contributed by atoms with van der Waals surface area (Å²) in [6, 6.07) is 0.144. The van der Waals surface area contributed by atoms with Crippen molar-refractivity contribution in [2.45, 2.75) is 18.4 Å². The highest BCUT2D eigenvalue weighted by molar-refractivity contribution is 5.35. The molecule has 0 saturated carbocycles. The average molecular weight is 255 g/mol. The molecule has 0 atom stereocenters. The number of aromatic nitrogens is 3. The molecule has 1 fully saturated rings. The van der Waals surface area contributed by atoms with Crippen LogP contribution in [0.3, 0.4) is 0 Å². The van der Waals surface area contributed by atoms with Crippen LogP contribution in [0.4, 0.5) is 11.9 Å². The Balaban J connectivity index is 2.18. The van der Waals surface area contributed by atoms with Crippen LogP contribution >= 0.6 is 0 Å². The van der Waals surface area contributed by atoms with Gasteiger partial charge in [-0.05, 0) is 12.8 Å². The summed E-state index contributed by atoms with van der Waals surface area (Å²) >= 11 is 0. The molecule has 0 bridgehead atoms. The smallest absolute Gasteiger partial charge is 0.322 e. The zero-order chi connectivity index (χ0) is 13.0. The lowest BCUT2D eigenvalue weighted by Crippen LogP contribution is -2.47. The van der Waals surface area contributed by atoms with Gasteiger partial charge in [0.2, 0.25) is 11.9 Å². The number of nitrogens with one attached hydrogen (secondary N) is 1. The average Bonchev–Trinajstić information content (AvgIpc) is 2.39. The number of nitrogen functional groups attached to an aromatic ring is 1. The molecule has 100 valence electrons. The lowest BCUT2D eigenvalue weighted by atomic mass is 9.91. The summed E-state index contributed by atoms with van der Waals surface area (Å²) in [5, 5.41) is 12.7. The van der Waals surface area contributed by atoms with Crippen LogP contribution in [0.15, 0.2) is 0 Å². The minimum Gasteiger partial charge on any atom is -0.467 e. The van der Waals surface area contributed by atoms with E-state index in [1.807, 2.05) is 0 Å². The number of rotatable bonds is 4. The van der Waals surface area contributed by atoms with Crippen LogP contribution < -0.4 is 15.8 Å². The van der Waals surface area contributed by atoms with Crippen LogP contribution in [0.1, 0.15) is 12.8 Å². The third-order valence-corrected chi connectivity index (χ3v) is 2.94. The Morgan fingerprint density at radius 1 is 1.39 bits per heavy atom. The zero-order valence-electron chi connectivity index (χ0n) is 10.2. The standard InChI is InChI=1S/C10H17N5O3/c1-17-9-13-7(11)12-8(14-9)15-10(6-16)2-4-18-5-3-10/h16H,2-6H2,1H3,(H3,11,12,13,14,15). The van der Waals surface area contributed by atoms with E-state index in [4.69, 9.17) is 15.2 Å². The fourth-order valence-electron chi connectivity index (χ4n) is 1.84. The first-order valence-corrected chi connectivity index (χ1v) is 5.70. The quantitative estimate of drug-likeness (QED) is 0.654. The highest BCUT2D eigenvalue weighted by atomic mass is 16.5. The third-order valence-electron chi connectivity index (χ3n) is 2.94. The van der Waals surface area contributed by atoms with Crippen molar-refractivity contribution in [3.8, 4) is 6.01 Å². The van der Waals surface area contributed by atoms with Crippen molar-refractivity contribution in [1.29, 1.82) is 0 Å². The highest BCUT2D eigenvalue weighted by Gasteiger charge is 2.32. The van der Waals surface area contributed by atoms with Gasteiger partial charge < -0.3 is 25.6 Å². The maximum Gasteiger partial charge on any atom is 0.322 e. The van der Waals surface area contributed by atoms with Gasteiger partial charge in [0.15, 0.2) is 0 Å². The second kappa shape index (κ2) is 5.32. The van der Waals surface area contributed by atoms with E-state index in [-0.39, 0.29) is 18.6 Å². The number of anilines is 2. The highest BCUT2D eigenvalue weighted by Crippen LogP contribution is 2.24. The van der Waals surface area contributed by atoms with Crippen molar-refractivity contribution in [2.75, 3.05) is 38.0 Å². The molecule has 1 saturated heterocycles. The number of aliphatic hydroxyl groups excluding tert-OH is 1. The lowest BCUT2D eigenvalue weighted by molar-refractivity contribution is 0.0376. The lowest BCUT2D eigenvalue weighted by Gasteiger charge is -2.36. The Morgan fingerprint density at radius 3 is 2.72 bits per heavy atom. The number of nitrogens with zero attached hydrogens (tertiary/aromatic N) is 3. The van der Waals surface area contributed by atoms with Gasteiger partial charge in [-0.2, -0.15) is 15.0 Å². The number of ether oxygens (including phenoxy) is 2. The summed E-state index contributed by atoms with van der Waals surface area (Å²) in [5.41, 5.74) is 5.08. The van der Waals surface area contributed by atoms with E-state index in [1.165, 1.54) is 7.11 Å². The molecule has 1 aromatic heterocycles. The van der Waals surface area contributed by atoms with Crippen LogP contribution in [-0.2, 0) is 4.74 Å². The molecular weight excluding hydrogens is 238 g/mol. The molecule has 2 heterocycles. The van der Waals surface area contributed by atoms with Gasteiger partial charge in [0, 0.05) is 13.2 Å². The van der Waals surface area contributed by atoms with Gasteiger partial charge in [-0.25, -0.2) is 0 Å². The van der Waals surface area contributed by atoms with Crippen LogP contribution in [0.25, 0.3) is 0 Å². The molecular formula is C10H17N5O3. The SMILES string of the molecule is COc1nc(N)nc(NC2(CO)CCOCC2)n1. The van der Waals surface area contributed by atoms with Crippen molar-refractivity contribution in [1.82, 2.24) is 15.0 Å². The second-order valence-electron chi connectivity index (χ2n) is 4.18. The van der Waals surface area contributed by atoms with E-state index in [1.54, 1.807) is 0 Å². The van der Waals surface area contributed by atoms with Crippen molar-refractivity contribution in [2.24, 2.45) is 0 Å². The van der Waals surface area contributed by atoms with Crippen molar-refractivity contribution < 1.29 is 14.6 Å². The summed E-state index contributed by atoms with van der Waals surface area (Å²) in [4.78, 5) is 11.8. The molecule has 1 aromatic rings. The molecule has 18 heavy (non-hydrogen) atoms. The monoisotopic (exact) mass is 255 g/mol. The predicted molar refractivity (Wildman–Crippen MR) is 64.3 cm³/mol. The van der Waals surface area contributed by atoms with Gasteiger partial charge in [0.05, 0.1) is 19.3 Å². The molecule has 1 aliphatic heterocycles. The molecule has 0 aromatic carbocycles. The van der Waals surface area contributed by atoms with Gasteiger partial charge in [0.1, 0.15) is 0 Å². The van der Waals surface area contributed by atoms with Crippen molar-refractivity contribution >= 4 is 11.9 Å². The Hall–Kier alpha value is -1.67. The molecule has 8 heteroatoms. The molecule has 2 rings (SSSR count). The Kier molecular flexibility index (Phi) is 3.78. The summed E-state index contributed by atoms with van der Waals surface area (Å²) in [6.45, 7) is 1.15. The molecule has 0 spiro atoms. The van der Waals surface area contributed by atoms with Crippen molar-refractivity contribution in [3.63, 3.8) is 0 Å². The first-order valence-electron chi connectivity index (χ1n) is 5.70. The van der Waals surface area contributed by atoms with Gasteiger partial charge in [0.25, 0.3) is 0 Å². The van der Waals surface area contributed by atoms with Gasteiger partial charge in [-0.15, -0.1) is 0 Å². The van der Waals surface area contributed by atoms with E-state index in [2.05, 4.69) is 20.3 Å². The summed E-state index contributed by atoms with van der Waals surface area (Å²) < 4.78 is 10.2. The van der Waals surface area contributed by atoms with Crippen LogP contribution in [0.2, 0.25) is 0 Å². The number of hydrogen-bond donors (Lipinski definition) is 3. The zero-order valence-corrected chi connectivity index (χ0v) is 10.2. The molecule has 0 radical (unpaired) electrons. The normalized spacial score (nSPS) is 18.3. The molecule has 8 nitrogen and oxygen atoms in total. The van der Waals surface area contributed by atoms with E-state index in [0.717, 1.165) is 0 Å². The fourth-order valence-corrected chi connectivity index (χ4v) is 1.84. The first kappa shape index (κ1) is 12.8. The first-order chi connectivity index (χ1) is 8.67. The third kappa shape index (κ3) is 2.77. The predicted octanol–water partition coefficient (Wildman–Crippen LogP) is -0.584. The topological polar surface area (TPSA) is 115 Å². The molecule has 0 unspecified atom stereocenters. The summed E-state index contributed by atoms with van der Waals surface area (Å²) in [6.07, 6.45) is 1.36. The van der Waals surface area contributed by atoms with E-state index < -0.39 is 5.54 Å². The van der Waals surface area contributed by atoms with Crippen molar-refractivity contribution in [3.05, 3.63) is 0 Å². The van der Waals surface area contributed by atoms with Gasteiger partial charge in [-0.3, -0.25) is 0 Å². The Labute approximate surface area is 105 Å². The summed E-state index contributed by atoms with van der Waals surface area (Å²) in [7, 11) is 1.45. The van der Waals surface area contributed by atoms with E-state index in [9.17, 15) is 5.11 Å². The van der Waals surface area contributed by atoms with Crippen LogP contribution in [0, 0.1) is 0 Å². The Bertz CT molecular complexity index is 408. The Morgan fingerprint density at radius 2 is 2.11 bits per heavy atom. The fraction of sp³-hybridized carbons (Fsp3) is 0.700. The summed E-state index contributed by atoms with van der Waals surface area (Å²) in [5.74, 6) is 0.375. The maximum absolute atomic E-state index is 9.55. The molecule has 1 aliphatic rings. The minimum absolute atomic E-state index is 0.0235. The maximum atomic E-state index is 9.55. The van der Waals surface area contributed by atoms with E-state index in [0.29, 0.717) is 32.0 Å². The van der Waals surface area contributed by atoms with E-state index >= 15 is 0 Å². The van der Waals surface area contributed by atoms with Gasteiger partial charge in [-0.1, -0.05) is 0 Å². The largest absolute Gasteiger partial charge is 0.467 e. The minimum atomic E-state index is -0.475. The van der Waals surface area contributed by atoms with Crippen LogP contribution in [0.5, 0.6) is 6.01 Å². The second-order valence-corrected chi connectivity index (χ2v) is 4.18. The van der Waals surface area contributed by atoms with Gasteiger partial charge >= 0.3 is 6.01 Å². The number of aliphatic hydroxyl groups is 1. The number of nitrogens with two attached hydrogens (primary N) is 1. The molecule has 0 amide bonds. The molecule has 0 aliphatic carbocycles. The number of hydrogen-bond acceptors (Lipinski definition) is 8. The van der Waals surface area contributed by atoms with Crippen LogP contribution in [-0.4, -0.2) is 52.5 Å².